The Hall–Kier alpha value is -2.05. The van der Waals surface area contributed by atoms with Crippen LogP contribution < -0.4 is 4.74 Å². The summed E-state index contributed by atoms with van der Waals surface area (Å²) in [6.07, 6.45) is 0.477. The largest absolute Gasteiger partial charge is 0.490 e. The van der Waals surface area contributed by atoms with Crippen molar-refractivity contribution < 1.29 is 9.13 Å². The smallest absolute Gasteiger partial charge is 0.165 e. The number of rotatable bonds is 5. The van der Waals surface area contributed by atoms with E-state index in [0.717, 1.165) is 5.56 Å². The standard InChI is InChI=1S/C16H13ClFNO/c17-14-5-3-4-12(10-14)13(11-19)8-9-20-16-7-2-1-6-15(16)18/h1-7,10,13H,8-9H2. The van der Waals surface area contributed by atoms with E-state index in [1.54, 1.807) is 36.4 Å². The number of nitriles is 1. The minimum atomic E-state index is -0.399. The minimum Gasteiger partial charge on any atom is -0.490 e. The molecule has 20 heavy (non-hydrogen) atoms. The zero-order valence-electron chi connectivity index (χ0n) is 10.7. The average Bonchev–Trinajstić information content (AvgIpc) is 2.45. The van der Waals surface area contributed by atoms with Gasteiger partial charge in [-0.2, -0.15) is 5.26 Å². The van der Waals surface area contributed by atoms with Crippen molar-refractivity contribution in [1.82, 2.24) is 0 Å². The van der Waals surface area contributed by atoms with Crippen LogP contribution >= 0.6 is 11.6 Å². The molecule has 0 aliphatic heterocycles. The lowest BCUT2D eigenvalue weighted by atomic mass is 9.98. The number of benzene rings is 2. The second-order valence-corrected chi connectivity index (χ2v) is 4.74. The van der Waals surface area contributed by atoms with E-state index in [2.05, 4.69) is 6.07 Å². The van der Waals surface area contributed by atoms with Crippen LogP contribution in [0.1, 0.15) is 17.9 Å². The molecule has 2 rings (SSSR count). The van der Waals surface area contributed by atoms with Gasteiger partial charge in [-0.25, -0.2) is 4.39 Å². The van der Waals surface area contributed by atoms with Crippen LogP contribution in [0, 0.1) is 17.1 Å². The van der Waals surface area contributed by atoms with Gasteiger partial charge in [0, 0.05) is 11.4 Å². The third-order valence-corrected chi connectivity index (χ3v) is 3.14. The molecular weight excluding hydrogens is 277 g/mol. The number of ether oxygens (including phenoxy) is 1. The molecule has 0 saturated heterocycles. The highest BCUT2D eigenvalue weighted by atomic mass is 35.5. The average molecular weight is 290 g/mol. The van der Waals surface area contributed by atoms with Crippen molar-refractivity contribution in [2.45, 2.75) is 12.3 Å². The van der Waals surface area contributed by atoms with E-state index >= 15 is 0 Å². The van der Waals surface area contributed by atoms with Gasteiger partial charge < -0.3 is 4.74 Å². The zero-order valence-corrected chi connectivity index (χ0v) is 11.5. The van der Waals surface area contributed by atoms with Crippen molar-refractivity contribution in [3.05, 3.63) is 64.9 Å². The molecular formula is C16H13ClFNO. The molecule has 0 heterocycles. The summed E-state index contributed by atoms with van der Waals surface area (Å²) >= 11 is 5.91. The lowest BCUT2D eigenvalue weighted by Gasteiger charge is -2.11. The predicted molar refractivity (Wildman–Crippen MR) is 76.3 cm³/mol. The highest BCUT2D eigenvalue weighted by Gasteiger charge is 2.11. The van der Waals surface area contributed by atoms with Crippen molar-refractivity contribution in [2.75, 3.05) is 6.61 Å². The third-order valence-electron chi connectivity index (χ3n) is 2.91. The van der Waals surface area contributed by atoms with E-state index in [4.69, 9.17) is 16.3 Å². The molecule has 0 N–H and O–H groups in total. The summed E-state index contributed by atoms with van der Waals surface area (Å²) in [5.74, 6) is -0.514. The minimum absolute atomic E-state index is 0.204. The van der Waals surface area contributed by atoms with Crippen molar-refractivity contribution in [3.8, 4) is 11.8 Å². The van der Waals surface area contributed by atoms with Gasteiger partial charge in [0.2, 0.25) is 0 Å². The van der Waals surface area contributed by atoms with E-state index in [9.17, 15) is 9.65 Å². The number of halogens is 2. The van der Waals surface area contributed by atoms with Crippen molar-refractivity contribution >= 4 is 11.6 Å². The summed E-state index contributed by atoms with van der Waals surface area (Å²) in [7, 11) is 0. The maximum Gasteiger partial charge on any atom is 0.165 e. The Balaban J connectivity index is 1.96. The van der Waals surface area contributed by atoms with E-state index in [0.29, 0.717) is 11.4 Å². The van der Waals surface area contributed by atoms with Gasteiger partial charge in [-0.3, -0.25) is 0 Å². The zero-order chi connectivity index (χ0) is 14.4. The second kappa shape index (κ2) is 6.93. The highest BCUT2D eigenvalue weighted by Crippen LogP contribution is 2.23. The first kappa shape index (κ1) is 14.4. The molecule has 0 fully saturated rings. The molecule has 0 aromatic heterocycles. The SMILES string of the molecule is N#CC(CCOc1ccccc1F)c1cccc(Cl)c1. The van der Waals surface area contributed by atoms with Crippen molar-refractivity contribution in [1.29, 1.82) is 5.26 Å². The molecule has 1 atom stereocenters. The fourth-order valence-electron chi connectivity index (χ4n) is 1.88. The fourth-order valence-corrected chi connectivity index (χ4v) is 2.08. The fraction of sp³-hybridized carbons (Fsp3) is 0.188. The van der Waals surface area contributed by atoms with E-state index in [-0.39, 0.29) is 18.3 Å². The van der Waals surface area contributed by atoms with E-state index < -0.39 is 5.82 Å². The second-order valence-electron chi connectivity index (χ2n) is 4.30. The molecule has 0 spiro atoms. The van der Waals surface area contributed by atoms with Crippen LogP contribution in [-0.2, 0) is 0 Å². The molecule has 2 aromatic rings. The maximum absolute atomic E-state index is 13.4. The molecule has 0 radical (unpaired) electrons. The first-order valence-electron chi connectivity index (χ1n) is 6.23. The normalized spacial score (nSPS) is 11.7. The van der Waals surface area contributed by atoms with Gasteiger partial charge in [0.25, 0.3) is 0 Å². The summed E-state index contributed by atoms with van der Waals surface area (Å²) < 4.78 is 18.7. The molecule has 102 valence electrons. The summed E-state index contributed by atoms with van der Waals surface area (Å²) in [5.41, 5.74) is 0.845. The Morgan fingerprint density at radius 3 is 2.70 bits per heavy atom. The van der Waals surface area contributed by atoms with E-state index in [1.807, 2.05) is 6.07 Å². The van der Waals surface area contributed by atoms with Crippen LogP contribution in [0.2, 0.25) is 5.02 Å². The number of hydrogen-bond acceptors (Lipinski definition) is 2. The van der Waals surface area contributed by atoms with Crippen LogP contribution in [-0.4, -0.2) is 6.61 Å². The quantitative estimate of drug-likeness (QED) is 0.808. The first-order chi connectivity index (χ1) is 9.70. The molecule has 0 bridgehead atoms. The van der Waals surface area contributed by atoms with Gasteiger partial charge in [-0.15, -0.1) is 0 Å². The molecule has 0 amide bonds. The summed E-state index contributed by atoms with van der Waals surface area (Å²) in [6, 6.07) is 15.6. The lowest BCUT2D eigenvalue weighted by Crippen LogP contribution is -2.05. The Morgan fingerprint density at radius 1 is 1.20 bits per heavy atom. The Kier molecular flexibility index (Phi) is 4.97. The van der Waals surface area contributed by atoms with Crippen LogP contribution in [0.15, 0.2) is 48.5 Å². The van der Waals surface area contributed by atoms with Crippen LogP contribution in [0.5, 0.6) is 5.75 Å². The first-order valence-corrected chi connectivity index (χ1v) is 6.61. The van der Waals surface area contributed by atoms with Gasteiger partial charge in [0.15, 0.2) is 11.6 Å². The summed E-state index contributed by atoms with van der Waals surface area (Å²) in [4.78, 5) is 0. The van der Waals surface area contributed by atoms with Crippen LogP contribution in [0.3, 0.4) is 0 Å². The molecule has 2 nitrogen and oxygen atoms in total. The Bertz CT molecular complexity index is 624. The highest BCUT2D eigenvalue weighted by molar-refractivity contribution is 6.30. The van der Waals surface area contributed by atoms with Gasteiger partial charge in [-0.05, 0) is 29.8 Å². The van der Waals surface area contributed by atoms with Crippen molar-refractivity contribution in [2.24, 2.45) is 0 Å². The number of para-hydroxylation sites is 1. The summed E-state index contributed by atoms with van der Waals surface area (Å²) in [5, 5.41) is 9.79. The van der Waals surface area contributed by atoms with E-state index in [1.165, 1.54) is 6.07 Å². The predicted octanol–water partition coefficient (Wildman–Crippen LogP) is 4.56. The topological polar surface area (TPSA) is 33.0 Å². The number of nitrogens with zero attached hydrogens (tertiary/aromatic N) is 1. The third kappa shape index (κ3) is 3.72. The molecule has 2 aromatic carbocycles. The van der Waals surface area contributed by atoms with Gasteiger partial charge in [-0.1, -0.05) is 35.9 Å². The Labute approximate surface area is 122 Å². The molecule has 0 aliphatic rings. The van der Waals surface area contributed by atoms with Gasteiger partial charge in [0.05, 0.1) is 18.6 Å². The number of hydrogen-bond donors (Lipinski definition) is 0. The van der Waals surface area contributed by atoms with Crippen LogP contribution in [0.4, 0.5) is 4.39 Å². The molecule has 0 saturated carbocycles. The lowest BCUT2D eigenvalue weighted by molar-refractivity contribution is 0.291. The Morgan fingerprint density at radius 2 is 2.00 bits per heavy atom. The summed E-state index contributed by atoms with van der Waals surface area (Å²) in [6.45, 7) is 0.270. The van der Waals surface area contributed by atoms with Crippen LogP contribution in [0.25, 0.3) is 0 Å². The van der Waals surface area contributed by atoms with Crippen molar-refractivity contribution in [3.63, 3.8) is 0 Å². The maximum atomic E-state index is 13.4. The van der Waals surface area contributed by atoms with Gasteiger partial charge in [0.1, 0.15) is 0 Å². The molecule has 1 unspecified atom stereocenters. The monoisotopic (exact) mass is 289 g/mol. The molecule has 0 aliphatic carbocycles. The molecule has 4 heteroatoms. The van der Waals surface area contributed by atoms with Gasteiger partial charge >= 0.3 is 0 Å².